The summed E-state index contributed by atoms with van der Waals surface area (Å²) in [5.41, 5.74) is 2.55. The topological polar surface area (TPSA) is 80.6 Å². The molecule has 6 nitrogen and oxygen atoms in total. The molecule has 1 heterocycles. The molecule has 0 saturated heterocycles. The van der Waals surface area contributed by atoms with E-state index in [0.717, 1.165) is 12.1 Å². The minimum atomic E-state index is -0.331. The lowest BCUT2D eigenvalue weighted by Crippen LogP contribution is -2.20. The van der Waals surface area contributed by atoms with Crippen LogP contribution in [0.2, 0.25) is 0 Å². The molecule has 0 radical (unpaired) electrons. The van der Waals surface area contributed by atoms with Crippen LogP contribution in [0.5, 0.6) is 5.75 Å². The molecule has 27 heavy (non-hydrogen) atoms. The molecule has 3 rings (SSSR count). The molecule has 0 aliphatic heterocycles. The van der Waals surface area contributed by atoms with Crippen LogP contribution in [0.15, 0.2) is 71.3 Å². The smallest absolute Gasteiger partial charge is 0.291 e. The molecule has 0 spiro atoms. The van der Waals surface area contributed by atoms with Crippen LogP contribution in [0, 0.1) is 0 Å². The van der Waals surface area contributed by atoms with Crippen molar-refractivity contribution in [1.82, 2.24) is 0 Å². The van der Waals surface area contributed by atoms with Crippen molar-refractivity contribution in [2.45, 2.75) is 13.3 Å². The lowest BCUT2D eigenvalue weighted by Gasteiger charge is -2.09. The predicted molar refractivity (Wildman–Crippen MR) is 103 cm³/mol. The first-order valence-corrected chi connectivity index (χ1v) is 8.60. The minimum absolute atomic E-state index is 0.104. The lowest BCUT2D eigenvalue weighted by atomic mass is 10.1. The van der Waals surface area contributed by atoms with Crippen LogP contribution in [0.25, 0.3) is 0 Å². The van der Waals surface area contributed by atoms with Crippen molar-refractivity contribution in [2.24, 2.45) is 0 Å². The zero-order valence-electron chi connectivity index (χ0n) is 14.9. The molecule has 6 heteroatoms. The summed E-state index contributed by atoms with van der Waals surface area (Å²) >= 11 is 0. The molecule has 2 amide bonds. The maximum absolute atomic E-state index is 12.0. The Labute approximate surface area is 157 Å². The molecule has 0 aliphatic carbocycles. The van der Waals surface area contributed by atoms with E-state index in [-0.39, 0.29) is 24.2 Å². The number of hydrogen-bond acceptors (Lipinski definition) is 4. The highest BCUT2D eigenvalue weighted by molar-refractivity contribution is 6.02. The largest absolute Gasteiger partial charge is 0.484 e. The van der Waals surface area contributed by atoms with Crippen molar-refractivity contribution < 1.29 is 18.7 Å². The molecule has 0 aliphatic rings. The molecule has 2 N–H and O–H groups in total. The Bertz CT molecular complexity index is 885. The third-order valence-corrected chi connectivity index (χ3v) is 3.87. The van der Waals surface area contributed by atoms with E-state index in [2.05, 4.69) is 17.6 Å². The van der Waals surface area contributed by atoms with E-state index in [1.165, 1.54) is 11.8 Å². The normalized spacial score (nSPS) is 10.3. The second kappa shape index (κ2) is 8.71. The number of nitrogens with one attached hydrogen (secondary N) is 2. The van der Waals surface area contributed by atoms with Gasteiger partial charge in [-0.2, -0.15) is 0 Å². The SMILES string of the molecule is CCc1ccc(NC(=O)COc2ccc(NC(=O)c3ccco3)cc2)cc1. The van der Waals surface area contributed by atoms with Crippen LogP contribution in [0.3, 0.4) is 0 Å². The van der Waals surface area contributed by atoms with E-state index in [1.54, 1.807) is 36.4 Å². The van der Waals surface area contributed by atoms with E-state index in [4.69, 9.17) is 9.15 Å². The van der Waals surface area contributed by atoms with E-state index in [0.29, 0.717) is 11.4 Å². The van der Waals surface area contributed by atoms with Gasteiger partial charge in [0, 0.05) is 11.4 Å². The number of hydrogen-bond donors (Lipinski definition) is 2. The number of carbonyl (C=O) groups excluding carboxylic acids is 2. The molecule has 0 atom stereocenters. The zero-order chi connectivity index (χ0) is 19.1. The molecule has 138 valence electrons. The number of carbonyl (C=O) groups is 2. The van der Waals surface area contributed by atoms with Gasteiger partial charge in [-0.25, -0.2) is 0 Å². The molecule has 0 bridgehead atoms. The van der Waals surface area contributed by atoms with Gasteiger partial charge in [-0.15, -0.1) is 0 Å². The first kappa shape index (κ1) is 18.3. The summed E-state index contributed by atoms with van der Waals surface area (Å²) in [6, 6.07) is 17.7. The Balaban J connectivity index is 1.47. The van der Waals surface area contributed by atoms with Gasteiger partial charge >= 0.3 is 0 Å². The van der Waals surface area contributed by atoms with Crippen LogP contribution in [0.1, 0.15) is 23.0 Å². The summed E-state index contributed by atoms with van der Waals surface area (Å²) in [6.07, 6.45) is 2.39. The molecule has 0 saturated carbocycles. The standard InChI is InChI=1S/C21H20N2O4/c1-2-15-5-7-16(8-6-15)22-20(24)14-27-18-11-9-17(10-12-18)23-21(25)19-4-3-13-26-19/h3-13H,2,14H2,1H3,(H,22,24)(H,23,25). The van der Waals surface area contributed by atoms with Gasteiger partial charge in [0.25, 0.3) is 11.8 Å². The Morgan fingerprint density at radius 2 is 1.59 bits per heavy atom. The molecule has 0 fully saturated rings. The molecule has 2 aromatic carbocycles. The van der Waals surface area contributed by atoms with Crippen molar-refractivity contribution in [3.05, 3.63) is 78.3 Å². The van der Waals surface area contributed by atoms with Crippen LogP contribution >= 0.6 is 0 Å². The number of aryl methyl sites for hydroxylation is 1. The number of anilines is 2. The van der Waals surface area contributed by atoms with Gasteiger partial charge in [0.2, 0.25) is 0 Å². The van der Waals surface area contributed by atoms with Crippen LogP contribution < -0.4 is 15.4 Å². The molecule has 3 aromatic rings. The highest BCUT2D eigenvalue weighted by Crippen LogP contribution is 2.17. The van der Waals surface area contributed by atoms with Crippen LogP contribution in [0.4, 0.5) is 11.4 Å². The van der Waals surface area contributed by atoms with Gasteiger partial charge in [-0.3, -0.25) is 9.59 Å². The average Bonchev–Trinajstić information content (AvgIpc) is 3.23. The number of amides is 2. The maximum Gasteiger partial charge on any atom is 0.291 e. The Hall–Kier alpha value is -3.54. The van der Waals surface area contributed by atoms with Crippen LogP contribution in [-0.4, -0.2) is 18.4 Å². The maximum atomic E-state index is 12.0. The molecule has 0 unspecified atom stereocenters. The third-order valence-electron chi connectivity index (χ3n) is 3.87. The van der Waals surface area contributed by atoms with E-state index in [1.807, 2.05) is 24.3 Å². The second-order valence-corrected chi connectivity index (χ2v) is 5.84. The van der Waals surface area contributed by atoms with Gasteiger partial charge in [-0.1, -0.05) is 19.1 Å². The number of rotatable bonds is 7. The fourth-order valence-electron chi connectivity index (χ4n) is 2.40. The van der Waals surface area contributed by atoms with Gasteiger partial charge in [0.05, 0.1) is 6.26 Å². The monoisotopic (exact) mass is 364 g/mol. The van der Waals surface area contributed by atoms with Crippen LogP contribution in [-0.2, 0) is 11.2 Å². The fraction of sp³-hybridized carbons (Fsp3) is 0.143. The molecular formula is C21H20N2O4. The Kier molecular flexibility index (Phi) is 5.89. The van der Waals surface area contributed by atoms with Crippen molar-refractivity contribution in [2.75, 3.05) is 17.2 Å². The van der Waals surface area contributed by atoms with E-state index >= 15 is 0 Å². The summed E-state index contributed by atoms with van der Waals surface area (Å²) in [5.74, 6) is 0.193. The molecule has 1 aromatic heterocycles. The second-order valence-electron chi connectivity index (χ2n) is 5.84. The number of ether oxygens (including phenoxy) is 1. The van der Waals surface area contributed by atoms with Gasteiger partial charge in [0.15, 0.2) is 12.4 Å². The predicted octanol–water partition coefficient (Wildman–Crippen LogP) is 4.11. The van der Waals surface area contributed by atoms with Gasteiger partial charge in [0.1, 0.15) is 5.75 Å². The fourth-order valence-corrected chi connectivity index (χ4v) is 2.40. The first-order chi connectivity index (χ1) is 13.1. The van der Waals surface area contributed by atoms with Gasteiger partial charge < -0.3 is 19.8 Å². The highest BCUT2D eigenvalue weighted by atomic mass is 16.5. The quantitative estimate of drug-likeness (QED) is 0.661. The average molecular weight is 364 g/mol. The van der Waals surface area contributed by atoms with Crippen molar-refractivity contribution in [1.29, 1.82) is 0 Å². The lowest BCUT2D eigenvalue weighted by molar-refractivity contribution is -0.118. The Morgan fingerprint density at radius 3 is 2.22 bits per heavy atom. The minimum Gasteiger partial charge on any atom is -0.484 e. The highest BCUT2D eigenvalue weighted by Gasteiger charge is 2.09. The number of furan rings is 1. The third kappa shape index (κ3) is 5.22. The summed E-state index contributed by atoms with van der Waals surface area (Å²) in [6.45, 7) is 1.97. The van der Waals surface area contributed by atoms with E-state index in [9.17, 15) is 9.59 Å². The first-order valence-electron chi connectivity index (χ1n) is 8.60. The summed E-state index contributed by atoms with van der Waals surface area (Å²) in [4.78, 5) is 23.9. The summed E-state index contributed by atoms with van der Waals surface area (Å²) in [5, 5.41) is 5.50. The van der Waals surface area contributed by atoms with E-state index < -0.39 is 0 Å². The zero-order valence-corrected chi connectivity index (χ0v) is 14.9. The van der Waals surface area contributed by atoms with Gasteiger partial charge in [-0.05, 0) is 60.5 Å². The van der Waals surface area contributed by atoms with Crippen molar-refractivity contribution >= 4 is 23.2 Å². The summed E-state index contributed by atoms with van der Waals surface area (Å²) in [7, 11) is 0. The Morgan fingerprint density at radius 1 is 0.926 bits per heavy atom. The van der Waals surface area contributed by atoms with Crippen molar-refractivity contribution in [3.8, 4) is 5.75 Å². The molecular weight excluding hydrogens is 344 g/mol. The van der Waals surface area contributed by atoms with Crippen molar-refractivity contribution in [3.63, 3.8) is 0 Å². The summed E-state index contributed by atoms with van der Waals surface area (Å²) < 4.78 is 10.5. The number of benzene rings is 2.